The summed E-state index contributed by atoms with van der Waals surface area (Å²) in [7, 11) is 0. The third-order valence-corrected chi connectivity index (χ3v) is 5.39. The zero-order chi connectivity index (χ0) is 33.2. The Morgan fingerprint density at radius 2 is 1.21 bits per heavy atom. The van der Waals surface area contributed by atoms with Crippen molar-refractivity contribution in [2.75, 3.05) is 18.0 Å². The minimum Gasteiger partial charge on any atom is -0.475 e. The van der Waals surface area contributed by atoms with Crippen LogP contribution in [0.5, 0.6) is 0 Å². The van der Waals surface area contributed by atoms with Crippen molar-refractivity contribution >= 4 is 23.9 Å². The summed E-state index contributed by atoms with van der Waals surface area (Å²) < 4.78 is 108. The quantitative estimate of drug-likeness (QED) is 0.420. The lowest BCUT2D eigenvalue weighted by Gasteiger charge is -2.25. The standard InChI is InChI=1S/C16H18FN5.3C2HF3O2/c17-13-9-19-16(20-10-13)22-7-4-14-15(22)3-6-21(14)11-12-2-1-5-18-8-12;3*3-2(4,5)1(6)7/h1-2,5,8-10,14-15H,3-4,6-7,11H2;3*(H,6,7)/t14-,15+;;;/m0.../s1. The molecule has 0 saturated carbocycles. The first kappa shape index (κ1) is 36.7. The Morgan fingerprint density at radius 3 is 1.60 bits per heavy atom. The maximum Gasteiger partial charge on any atom is 0.490 e. The number of carboxylic acids is 3. The Morgan fingerprint density at radius 1 is 0.767 bits per heavy atom. The van der Waals surface area contributed by atoms with Crippen molar-refractivity contribution in [1.29, 1.82) is 0 Å². The number of carboxylic acid groups (broad SMARTS) is 3. The third kappa shape index (κ3) is 12.6. The van der Waals surface area contributed by atoms with Crippen molar-refractivity contribution < 1.29 is 73.6 Å². The fourth-order valence-corrected chi connectivity index (χ4v) is 3.70. The molecule has 0 aromatic carbocycles. The lowest BCUT2D eigenvalue weighted by molar-refractivity contribution is -0.193. The zero-order valence-electron chi connectivity index (χ0n) is 21.2. The number of halogens is 10. The maximum atomic E-state index is 13.0. The van der Waals surface area contributed by atoms with Gasteiger partial charge in [0.05, 0.1) is 12.4 Å². The Hall–Kier alpha value is -4.30. The number of rotatable bonds is 3. The highest BCUT2D eigenvalue weighted by Gasteiger charge is 2.43. The smallest absolute Gasteiger partial charge is 0.475 e. The number of likely N-dealkylation sites (tertiary alicyclic amines) is 1. The Labute approximate surface area is 234 Å². The van der Waals surface area contributed by atoms with Gasteiger partial charge in [0.15, 0.2) is 5.82 Å². The normalized spacial score (nSPS) is 18.1. The molecule has 11 nitrogen and oxygen atoms in total. The van der Waals surface area contributed by atoms with E-state index >= 15 is 0 Å². The number of pyridine rings is 1. The molecule has 2 saturated heterocycles. The predicted octanol–water partition coefficient (Wildman–Crippen LogP) is 3.76. The molecule has 0 spiro atoms. The highest BCUT2D eigenvalue weighted by atomic mass is 19.4. The lowest BCUT2D eigenvalue weighted by atomic mass is 10.1. The summed E-state index contributed by atoms with van der Waals surface area (Å²) in [5.74, 6) is -8.01. The second kappa shape index (κ2) is 15.3. The molecule has 0 amide bonds. The average molecular weight is 641 g/mol. The van der Waals surface area contributed by atoms with E-state index in [0.717, 1.165) is 32.5 Å². The lowest BCUT2D eigenvalue weighted by Crippen LogP contribution is -2.37. The highest BCUT2D eigenvalue weighted by molar-refractivity contribution is 5.73. The minimum atomic E-state index is -5.08. The molecule has 0 bridgehead atoms. The van der Waals surface area contributed by atoms with Gasteiger partial charge in [0.2, 0.25) is 5.95 Å². The SMILES string of the molecule is Fc1cnc(N2CC[C@H]3[C@H]2CCN3Cc2cccnc2)nc1.O=C(O)C(F)(F)F.O=C(O)C(F)(F)F.O=C(O)C(F)(F)F. The van der Waals surface area contributed by atoms with Crippen LogP contribution in [0.2, 0.25) is 0 Å². The van der Waals surface area contributed by atoms with Gasteiger partial charge in [0.1, 0.15) is 0 Å². The molecule has 21 heteroatoms. The molecule has 2 aliphatic heterocycles. The summed E-state index contributed by atoms with van der Waals surface area (Å²) in [4.78, 5) is 43.9. The largest absolute Gasteiger partial charge is 0.490 e. The molecule has 0 aliphatic carbocycles. The molecule has 4 heterocycles. The van der Waals surface area contributed by atoms with Crippen molar-refractivity contribution in [1.82, 2.24) is 19.9 Å². The van der Waals surface area contributed by atoms with Gasteiger partial charge in [-0.25, -0.2) is 28.7 Å². The number of carbonyl (C=O) groups is 3. The number of aromatic nitrogens is 3. The van der Waals surface area contributed by atoms with Crippen LogP contribution in [0.25, 0.3) is 0 Å². The van der Waals surface area contributed by atoms with Crippen molar-refractivity contribution in [3.05, 3.63) is 48.3 Å². The summed E-state index contributed by atoms with van der Waals surface area (Å²) in [5.41, 5.74) is 1.25. The van der Waals surface area contributed by atoms with Gasteiger partial charge in [0.25, 0.3) is 0 Å². The van der Waals surface area contributed by atoms with Crippen LogP contribution in [0.3, 0.4) is 0 Å². The molecule has 4 rings (SSSR count). The van der Waals surface area contributed by atoms with Gasteiger partial charge >= 0.3 is 36.4 Å². The first-order valence-electron chi connectivity index (χ1n) is 11.4. The molecule has 240 valence electrons. The van der Waals surface area contributed by atoms with Gasteiger partial charge in [-0.05, 0) is 24.5 Å². The van der Waals surface area contributed by atoms with E-state index in [4.69, 9.17) is 29.7 Å². The van der Waals surface area contributed by atoms with E-state index in [1.165, 1.54) is 18.0 Å². The molecule has 2 aromatic heterocycles. The number of aliphatic carboxylic acids is 3. The van der Waals surface area contributed by atoms with Crippen LogP contribution in [0.4, 0.5) is 49.9 Å². The van der Waals surface area contributed by atoms with E-state index in [-0.39, 0.29) is 5.82 Å². The second-order valence-electron chi connectivity index (χ2n) is 8.35. The van der Waals surface area contributed by atoms with Crippen molar-refractivity contribution in [2.45, 2.75) is 50.0 Å². The highest BCUT2D eigenvalue weighted by Crippen LogP contribution is 2.34. The van der Waals surface area contributed by atoms with Crippen LogP contribution in [-0.4, -0.2) is 96.8 Å². The van der Waals surface area contributed by atoms with Gasteiger partial charge in [0, 0.05) is 44.1 Å². The Kier molecular flexibility index (Phi) is 13.0. The maximum absolute atomic E-state index is 13.0. The summed E-state index contributed by atoms with van der Waals surface area (Å²) in [6.45, 7) is 2.94. The first-order valence-corrected chi connectivity index (χ1v) is 11.4. The molecule has 0 radical (unpaired) electrons. The first-order chi connectivity index (χ1) is 19.6. The molecule has 3 N–H and O–H groups in total. The summed E-state index contributed by atoms with van der Waals surface area (Å²) in [5, 5.41) is 21.4. The summed E-state index contributed by atoms with van der Waals surface area (Å²) >= 11 is 0. The van der Waals surface area contributed by atoms with Crippen LogP contribution in [0.1, 0.15) is 18.4 Å². The topological polar surface area (TPSA) is 157 Å². The number of alkyl halides is 9. The minimum absolute atomic E-state index is 0.385. The third-order valence-electron chi connectivity index (χ3n) is 5.39. The molecule has 2 aromatic rings. The number of hydrogen-bond acceptors (Lipinski definition) is 8. The van der Waals surface area contributed by atoms with Crippen LogP contribution in [-0.2, 0) is 20.9 Å². The zero-order valence-corrected chi connectivity index (χ0v) is 21.2. The van der Waals surface area contributed by atoms with Crippen LogP contribution >= 0.6 is 0 Å². The van der Waals surface area contributed by atoms with Crippen LogP contribution in [0, 0.1) is 5.82 Å². The average Bonchev–Trinajstić information content (AvgIpc) is 3.48. The Bertz CT molecular complexity index is 1140. The van der Waals surface area contributed by atoms with E-state index in [1.807, 2.05) is 12.3 Å². The molecule has 43 heavy (non-hydrogen) atoms. The molecular formula is C22H21F10N5O6. The van der Waals surface area contributed by atoms with Gasteiger partial charge < -0.3 is 20.2 Å². The van der Waals surface area contributed by atoms with E-state index < -0.39 is 36.4 Å². The molecule has 2 fully saturated rings. The monoisotopic (exact) mass is 641 g/mol. The Balaban J connectivity index is 0.000000363. The molecular weight excluding hydrogens is 620 g/mol. The van der Waals surface area contributed by atoms with Crippen molar-refractivity contribution in [3.8, 4) is 0 Å². The van der Waals surface area contributed by atoms with Gasteiger partial charge in [-0.2, -0.15) is 39.5 Å². The fourth-order valence-electron chi connectivity index (χ4n) is 3.70. The van der Waals surface area contributed by atoms with Crippen LogP contribution in [0.15, 0.2) is 36.9 Å². The molecule has 2 atom stereocenters. The van der Waals surface area contributed by atoms with Gasteiger partial charge in [-0.15, -0.1) is 0 Å². The van der Waals surface area contributed by atoms with E-state index in [1.54, 1.807) is 6.20 Å². The van der Waals surface area contributed by atoms with Gasteiger partial charge in [-0.1, -0.05) is 6.07 Å². The van der Waals surface area contributed by atoms with Crippen LogP contribution < -0.4 is 4.90 Å². The van der Waals surface area contributed by atoms with Gasteiger partial charge in [-0.3, -0.25) is 9.88 Å². The summed E-state index contributed by atoms with van der Waals surface area (Å²) in [6, 6.07) is 5.06. The van der Waals surface area contributed by atoms with E-state index in [2.05, 4.69) is 30.8 Å². The second-order valence-corrected chi connectivity index (χ2v) is 8.35. The fraction of sp³-hybridized carbons (Fsp3) is 0.455. The predicted molar refractivity (Wildman–Crippen MR) is 122 cm³/mol. The summed E-state index contributed by atoms with van der Waals surface area (Å²) in [6.07, 6.45) is -6.81. The number of hydrogen-bond donors (Lipinski definition) is 3. The van der Waals surface area contributed by atoms with E-state index in [9.17, 15) is 43.9 Å². The molecule has 0 unspecified atom stereocenters. The number of nitrogens with zero attached hydrogens (tertiary/aromatic N) is 5. The number of anilines is 1. The van der Waals surface area contributed by atoms with E-state index in [0.29, 0.717) is 18.0 Å². The molecule has 2 aliphatic rings. The number of fused-ring (bicyclic) bond motifs is 1. The van der Waals surface area contributed by atoms with Crippen molar-refractivity contribution in [3.63, 3.8) is 0 Å². The van der Waals surface area contributed by atoms with Crippen molar-refractivity contribution in [2.24, 2.45) is 0 Å².